The maximum Gasteiger partial charge on any atom is 0.220 e. The molecule has 0 bridgehead atoms. The molecule has 3 N–H and O–H groups in total. The van der Waals surface area contributed by atoms with Crippen molar-refractivity contribution in [2.45, 2.75) is 38.6 Å². The topological polar surface area (TPSA) is 94.0 Å². The number of nitrogens with two attached hydrogens (primary N) is 1. The van der Waals surface area contributed by atoms with Crippen molar-refractivity contribution in [3.63, 3.8) is 0 Å². The molecule has 0 aliphatic heterocycles. The first-order chi connectivity index (χ1) is 16.1. The number of hydrogen-bond acceptors (Lipinski definition) is 5. The van der Waals surface area contributed by atoms with E-state index in [1.165, 1.54) is 5.56 Å². The van der Waals surface area contributed by atoms with Crippen LogP contribution in [0.3, 0.4) is 0 Å². The highest BCUT2D eigenvalue weighted by Gasteiger charge is 2.25. The Morgan fingerprint density at radius 2 is 1.73 bits per heavy atom. The predicted molar refractivity (Wildman–Crippen MR) is 129 cm³/mol. The first-order valence-electron chi connectivity index (χ1n) is 11.6. The minimum absolute atomic E-state index is 0.00662. The van der Waals surface area contributed by atoms with Gasteiger partial charge in [-0.25, -0.2) is 9.97 Å². The zero-order valence-corrected chi connectivity index (χ0v) is 18.5. The molecule has 6 heteroatoms. The molecule has 0 radical (unpaired) electrons. The third-order valence-electron chi connectivity index (χ3n) is 6.49. The summed E-state index contributed by atoms with van der Waals surface area (Å²) >= 11 is 0. The number of nitrogens with zero attached hydrogens (tertiary/aromatic N) is 2. The largest absolute Gasteiger partial charge is 0.454 e. The highest BCUT2D eigenvalue weighted by molar-refractivity contribution is 5.82. The first-order valence-corrected chi connectivity index (χ1v) is 11.6. The fraction of sp³-hybridized carbons (Fsp3) is 0.296. The van der Waals surface area contributed by atoms with Crippen molar-refractivity contribution in [2.24, 2.45) is 17.6 Å². The quantitative estimate of drug-likeness (QED) is 0.405. The number of amides is 1. The van der Waals surface area contributed by atoms with Gasteiger partial charge in [-0.05, 0) is 49.3 Å². The van der Waals surface area contributed by atoms with Crippen LogP contribution in [-0.2, 0) is 17.8 Å². The number of para-hydroxylation sites is 1. The van der Waals surface area contributed by atoms with E-state index in [1.807, 2.05) is 54.6 Å². The highest BCUT2D eigenvalue weighted by Crippen LogP contribution is 2.32. The van der Waals surface area contributed by atoms with E-state index in [4.69, 9.17) is 20.1 Å². The number of hydrogen-bond donors (Lipinski definition) is 2. The molecule has 0 spiro atoms. The van der Waals surface area contributed by atoms with Crippen molar-refractivity contribution in [2.75, 3.05) is 5.32 Å². The maximum atomic E-state index is 11.5. The fourth-order valence-electron chi connectivity index (χ4n) is 4.61. The minimum Gasteiger partial charge on any atom is -0.454 e. The monoisotopic (exact) mass is 440 g/mol. The number of fused-ring (bicyclic) bond motifs is 1. The number of carbonyl (C=O) groups excluding carboxylic acids is 1. The van der Waals surface area contributed by atoms with Gasteiger partial charge in [0.15, 0.2) is 5.76 Å². The van der Waals surface area contributed by atoms with Crippen molar-refractivity contribution in [1.82, 2.24) is 9.97 Å². The summed E-state index contributed by atoms with van der Waals surface area (Å²) in [5.41, 5.74) is 8.31. The SMILES string of the molecule is NC(=O)C1CCC(Cc2nc(NCc3ccccc3)cc(-c3cc4ccccc4o3)n2)CC1. The average molecular weight is 441 g/mol. The molecule has 6 nitrogen and oxygen atoms in total. The minimum atomic E-state index is -0.177. The number of aromatic nitrogens is 2. The van der Waals surface area contributed by atoms with Gasteiger partial charge < -0.3 is 15.5 Å². The summed E-state index contributed by atoms with van der Waals surface area (Å²) in [4.78, 5) is 21.2. The summed E-state index contributed by atoms with van der Waals surface area (Å²) in [7, 11) is 0. The van der Waals surface area contributed by atoms with Gasteiger partial charge in [-0.15, -0.1) is 0 Å². The molecule has 2 aromatic carbocycles. The lowest BCUT2D eigenvalue weighted by molar-refractivity contribution is -0.122. The normalized spacial score (nSPS) is 18.3. The average Bonchev–Trinajstić information content (AvgIpc) is 3.28. The molecule has 2 aromatic heterocycles. The molecule has 1 amide bonds. The standard InChI is InChI=1S/C27H28N4O2/c28-27(32)20-12-10-18(11-13-20)14-26-30-22(24-15-21-8-4-5-9-23(21)33-24)16-25(31-26)29-17-19-6-2-1-3-7-19/h1-9,15-16,18,20H,10-14,17H2,(H2,28,32)(H,29,30,31). The van der Waals surface area contributed by atoms with E-state index in [-0.39, 0.29) is 11.8 Å². The molecule has 5 rings (SSSR count). The number of furan rings is 1. The molecule has 1 fully saturated rings. The molecule has 1 aliphatic rings. The van der Waals surface area contributed by atoms with Crippen LogP contribution in [0.15, 0.2) is 71.1 Å². The summed E-state index contributed by atoms with van der Waals surface area (Å²) in [6, 6.07) is 22.2. The van der Waals surface area contributed by atoms with Crippen LogP contribution in [0.5, 0.6) is 0 Å². The molecule has 0 atom stereocenters. The Kier molecular flexibility index (Phi) is 6.07. The lowest BCUT2D eigenvalue weighted by Gasteiger charge is -2.26. The Bertz CT molecular complexity index is 1210. The number of rotatable bonds is 7. The summed E-state index contributed by atoms with van der Waals surface area (Å²) in [5, 5.41) is 4.50. The Hall–Kier alpha value is -3.67. The molecule has 33 heavy (non-hydrogen) atoms. The van der Waals surface area contributed by atoms with E-state index < -0.39 is 0 Å². The summed E-state index contributed by atoms with van der Waals surface area (Å²) in [6.07, 6.45) is 4.42. The van der Waals surface area contributed by atoms with Crippen LogP contribution in [0, 0.1) is 11.8 Å². The number of carbonyl (C=O) groups is 1. The second-order valence-corrected chi connectivity index (χ2v) is 8.87. The fourth-order valence-corrected chi connectivity index (χ4v) is 4.61. The summed E-state index contributed by atoms with van der Waals surface area (Å²) in [5.74, 6) is 2.60. The van der Waals surface area contributed by atoms with Gasteiger partial charge in [0.1, 0.15) is 22.9 Å². The second-order valence-electron chi connectivity index (χ2n) is 8.87. The Morgan fingerprint density at radius 3 is 2.48 bits per heavy atom. The van der Waals surface area contributed by atoms with Crippen molar-refractivity contribution in [3.05, 3.63) is 78.1 Å². The number of nitrogens with one attached hydrogen (secondary N) is 1. The van der Waals surface area contributed by atoms with Crippen molar-refractivity contribution in [1.29, 1.82) is 0 Å². The number of benzene rings is 2. The predicted octanol–water partition coefficient (Wildman–Crippen LogP) is 5.34. The van der Waals surface area contributed by atoms with E-state index >= 15 is 0 Å². The molecule has 168 valence electrons. The zero-order valence-electron chi connectivity index (χ0n) is 18.5. The van der Waals surface area contributed by atoms with Gasteiger partial charge in [-0.3, -0.25) is 4.79 Å². The van der Waals surface area contributed by atoms with Crippen LogP contribution in [0.1, 0.15) is 37.1 Å². The van der Waals surface area contributed by atoms with E-state index in [1.54, 1.807) is 0 Å². The second kappa shape index (κ2) is 9.45. The molecular weight excluding hydrogens is 412 g/mol. The van der Waals surface area contributed by atoms with E-state index in [0.29, 0.717) is 12.5 Å². The Labute approximate surface area is 193 Å². The molecule has 0 saturated heterocycles. The smallest absolute Gasteiger partial charge is 0.220 e. The third-order valence-corrected chi connectivity index (χ3v) is 6.49. The molecular formula is C27H28N4O2. The lowest BCUT2D eigenvalue weighted by atomic mass is 9.80. The zero-order chi connectivity index (χ0) is 22.6. The van der Waals surface area contributed by atoms with E-state index in [9.17, 15) is 4.79 Å². The van der Waals surface area contributed by atoms with Crippen LogP contribution >= 0.6 is 0 Å². The van der Waals surface area contributed by atoms with E-state index in [2.05, 4.69) is 17.4 Å². The van der Waals surface area contributed by atoms with Gasteiger partial charge >= 0.3 is 0 Å². The molecule has 0 unspecified atom stereocenters. The Morgan fingerprint density at radius 1 is 0.970 bits per heavy atom. The van der Waals surface area contributed by atoms with Gasteiger partial charge in [0.05, 0.1) is 0 Å². The molecule has 4 aromatic rings. The van der Waals surface area contributed by atoms with Gasteiger partial charge in [-0.1, -0.05) is 48.5 Å². The van der Waals surface area contributed by atoms with Gasteiger partial charge in [-0.2, -0.15) is 0 Å². The number of anilines is 1. The van der Waals surface area contributed by atoms with Crippen LogP contribution in [0.4, 0.5) is 5.82 Å². The lowest BCUT2D eigenvalue weighted by Crippen LogP contribution is -2.28. The van der Waals surface area contributed by atoms with E-state index in [0.717, 1.165) is 66.2 Å². The van der Waals surface area contributed by atoms with Crippen LogP contribution in [0.2, 0.25) is 0 Å². The Balaban J connectivity index is 1.40. The molecule has 2 heterocycles. The van der Waals surface area contributed by atoms with Crippen molar-refractivity contribution < 1.29 is 9.21 Å². The van der Waals surface area contributed by atoms with Gasteiger partial charge in [0.2, 0.25) is 5.91 Å². The van der Waals surface area contributed by atoms with Crippen molar-refractivity contribution >= 4 is 22.7 Å². The molecule has 1 saturated carbocycles. The summed E-state index contributed by atoms with van der Waals surface area (Å²) < 4.78 is 6.09. The van der Waals surface area contributed by atoms with Gasteiger partial charge in [0, 0.05) is 30.3 Å². The van der Waals surface area contributed by atoms with Gasteiger partial charge in [0.25, 0.3) is 0 Å². The van der Waals surface area contributed by atoms with Crippen LogP contribution in [-0.4, -0.2) is 15.9 Å². The number of primary amides is 1. The molecule has 1 aliphatic carbocycles. The van der Waals surface area contributed by atoms with Crippen molar-refractivity contribution in [3.8, 4) is 11.5 Å². The van der Waals surface area contributed by atoms with Crippen LogP contribution < -0.4 is 11.1 Å². The maximum absolute atomic E-state index is 11.5. The summed E-state index contributed by atoms with van der Waals surface area (Å²) in [6.45, 7) is 0.681. The third kappa shape index (κ3) is 5.06. The van der Waals surface area contributed by atoms with Crippen LogP contribution in [0.25, 0.3) is 22.4 Å². The highest BCUT2D eigenvalue weighted by atomic mass is 16.3. The first kappa shape index (κ1) is 21.2.